The van der Waals surface area contributed by atoms with Gasteiger partial charge in [0, 0.05) is 12.2 Å². The summed E-state index contributed by atoms with van der Waals surface area (Å²) >= 11 is 0. The number of nitrogens with one attached hydrogen (secondary N) is 1. The molecule has 0 saturated heterocycles. The highest BCUT2D eigenvalue weighted by Crippen LogP contribution is 2.21. The number of nitrogen functional groups attached to an aromatic ring is 2. The number of nitrogens with two attached hydrogens (primary N) is 2. The number of hydrogen-bond donors (Lipinski definition) is 3. The van der Waals surface area contributed by atoms with Gasteiger partial charge in [0.05, 0.1) is 11.4 Å². The summed E-state index contributed by atoms with van der Waals surface area (Å²) in [6, 6.07) is 5.65. The Morgan fingerprint density at radius 2 is 1.80 bits per heavy atom. The first-order valence-corrected chi connectivity index (χ1v) is 5.27. The maximum Gasteiger partial charge on any atom is 0.0568 e. The molecule has 0 saturated carbocycles. The molecular formula is C12H21N3. The first-order valence-electron chi connectivity index (χ1n) is 5.27. The zero-order valence-corrected chi connectivity index (χ0v) is 9.80. The zero-order valence-electron chi connectivity index (χ0n) is 9.80. The second-order valence-electron chi connectivity index (χ2n) is 5.08. The standard InChI is InChI=1S/C12H21N3/c1-12(2,3)6-7-15-9-4-5-10(13)11(14)8-9/h4-5,8,15H,6-7,13-14H2,1-3H3. The zero-order chi connectivity index (χ0) is 11.5. The Bertz CT molecular complexity index is 326. The third-order valence-electron chi connectivity index (χ3n) is 2.29. The lowest BCUT2D eigenvalue weighted by Gasteiger charge is -2.18. The molecule has 0 radical (unpaired) electrons. The predicted octanol–water partition coefficient (Wildman–Crippen LogP) is 2.70. The molecule has 0 aliphatic rings. The Labute approximate surface area is 91.9 Å². The lowest BCUT2D eigenvalue weighted by molar-refractivity contribution is 0.390. The van der Waals surface area contributed by atoms with Crippen molar-refractivity contribution in [1.29, 1.82) is 0 Å². The molecule has 0 unspecified atom stereocenters. The molecule has 1 aromatic rings. The SMILES string of the molecule is CC(C)(C)CCNc1ccc(N)c(N)c1. The van der Waals surface area contributed by atoms with Crippen LogP contribution in [0, 0.1) is 5.41 Å². The minimum Gasteiger partial charge on any atom is -0.397 e. The Kier molecular flexibility index (Phi) is 3.45. The fourth-order valence-corrected chi connectivity index (χ4v) is 1.27. The summed E-state index contributed by atoms with van der Waals surface area (Å²) in [5.41, 5.74) is 14.0. The van der Waals surface area contributed by atoms with Gasteiger partial charge in [-0.15, -0.1) is 0 Å². The van der Waals surface area contributed by atoms with Crippen LogP contribution in [0.1, 0.15) is 27.2 Å². The second kappa shape index (κ2) is 4.43. The van der Waals surface area contributed by atoms with Crippen LogP contribution in [-0.4, -0.2) is 6.54 Å². The minimum atomic E-state index is 0.354. The summed E-state index contributed by atoms with van der Waals surface area (Å²) in [7, 11) is 0. The molecule has 1 aromatic carbocycles. The summed E-state index contributed by atoms with van der Waals surface area (Å²) in [5.74, 6) is 0. The predicted molar refractivity (Wildman–Crippen MR) is 67.8 cm³/mol. The molecular weight excluding hydrogens is 186 g/mol. The van der Waals surface area contributed by atoms with Crippen LogP contribution in [-0.2, 0) is 0 Å². The van der Waals surface area contributed by atoms with Gasteiger partial charge in [0.1, 0.15) is 0 Å². The van der Waals surface area contributed by atoms with Crippen LogP contribution < -0.4 is 16.8 Å². The monoisotopic (exact) mass is 207 g/mol. The van der Waals surface area contributed by atoms with Gasteiger partial charge >= 0.3 is 0 Å². The van der Waals surface area contributed by atoms with Gasteiger partial charge in [0.25, 0.3) is 0 Å². The van der Waals surface area contributed by atoms with Crippen molar-refractivity contribution >= 4 is 17.1 Å². The summed E-state index contributed by atoms with van der Waals surface area (Å²) in [6.45, 7) is 7.64. The van der Waals surface area contributed by atoms with Gasteiger partial charge in [-0.05, 0) is 30.0 Å². The van der Waals surface area contributed by atoms with Crippen LogP contribution >= 0.6 is 0 Å². The quantitative estimate of drug-likeness (QED) is 0.668. The van der Waals surface area contributed by atoms with Crippen LogP contribution in [0.3, 0.4) is 0 Å². The van der Waals surface area contributed by atoms with E-state index in [0.29, 0.717) is 16.8 Å². The molecule has 0 spiro atoms. The van der Waals surface area contributed by atoms with Crippen LogP contribution in [0.25, 0.3) is 0 Å². The largest absolute Gasteiger partial charge is 0.397 e. The first-order chi connectivity index (χ1) is 6.88. The van der Waals surface area contributed by atoms with Crippen molar-refractivity contribution in [2.75, 3.05) is 23.3 Å². The molecule has 0 bridgehead atoms. The van der Waals surface area contributed by atoms with Gasteiger partial charge in [-0.1, -0.05) is 20.8 Å². The third kappa shape index (κ3) is 4.11. The molecule has 0 heterocycles. The highest BCUT2D eigenvalue weighted by Gasteiger charge is 2.08. The van der Waals surface area contributed by atoms with E-state index >= 15 is 0 Å². The molecule has 0 aromatic heterocycles. The number of anilines is 3. The van der Waals surface area contributed by atoms with Crippen molar-refractivity contribution in [3.8, 4) is 0 Å². The molecule has 0 aliphatic carbocycles. The summed E-state index contributed by atoms with van der Waals surface area (Å²) < 4.78 is 0. The molecule has 84 valence electrons. The van der Waals surface area contributed by atoms with Crippen LogP contribution in [0.4, 0.5) is 17.1 Å². The van der Waals surface area contributed by atoms with Gasteiger partial charge < -0.3 is 16.8 Å². The normalized spacial score (nSPS) is 11.4. The van der Waals surface area contributed by atoms with Crippen molar-refractivity contribution in [1.82, 2.24) is 0 Å². The highest BCUT2D eigenvalue weighted by atomic mass is 14.9. The summed E-state index contributed by atoms with van der Waals surface area (Å²) in [5, 5.41) is 3.33. The molecule has 0 fully saturated rings. The minimum absolute atomic E-state index is 0.354. The summed E-state index contributed by atoms with van der Waals surface area (Å²) in [4.78, 5) is 0. The first kappa shape index (κ1) is 11.7. The Hall–Kier alpha value is -1.38. The van der Waals surface area contributed by atoms with Gasteiger partial charge in [0.2, 0.25) is 0 Å². The topological polar surface area (TPSA) is 64.1 Å². The number of hydrogen-bond acceptors (Lipinski definition) is 3. The molecule has 5 N–H and O–H groups in total. The number of benzene rings is 1. The van der Waals surface area contributed by atoms with Crippen LogP contribution in [0.15, 0.2) is 18.2 Å². The number of rotatable bonds is 3. The maximum atomic E-state index is 5.71. The molecule has 15 heavy (non-hydrogen) atoms. The van der Waals surface area contributed by atoms with Gasteiger partial charge in [-0.3, -0.25) is 0 Å². The van der Waals surface area contributed by atoms with E-state index in [1.165, 1.54) is 0 Å². The van der Waals surface area contributed by atoms with Crippen molar-refractivity contribution in [3.05, 3.63) is 18.2 Å². The molecule has 0 amide bonds. The van der Waals surface area contributed by atoms with Gasteiger partial charge in [-0.2, -0.15) is 0 Å². The van der Waals surface area contributed by atoms with E-state index < -0.39 is 0 Å². The van der Waals surface area contributed by atoms with E-state index in [1.807, 2.05) is 18.2 Å². The van der Waals surface area contributed by atoms with Gasteiger partial charge in [0.15, 0.2) is 0 Å². The van der Waals surface area contributed by atoms with Crippen LogP contribution in [0.5, 0.6) is 0 Å². The Balaban J connectivity index is 2.48. The van der Waals surface area contributed by atoms with Crippen molar-refractivity contribution in [3.63, 3.8) is 0 Å². The van der Waals surface area contributed by atoms with E-state index in [4.69, 9.17) is 11.5 Å². The average molecular weight is 207 g/mol. The Morgan fingerprint density at radius 3 is 2.33 bits per heavy atom. The highest BCUT2D eigenvalue weighted by molar-refractivity contribution is 5.69. The molecule has 0 aliphatic heterocycles. The van der Waals surface area contributed by atoms with E-state index in [-0.39, 0.29) is 0 Å². The fourth-order valence-electron chi connectivity index (χ4n) is 1.27. The van der Waals surface area contributed by atoms with Crippen molar-refractivity contribution < 1.29 is 0 Å². The molecule has 3 nitrogen and oxygen atoms in total. The maximum absolute atomic E-state index is 5.71. The van der Waals surface area contributed by atoms with E-state index in [9.17, 15) is 0 Å². The average Bonchev–Trinajstić information content (AvgIpc) is 2.09. The van der Waals surface area contributed by atoms with Gasteiger partial charge in [-0.25, -0.2) is 0 Å². The summed E-state index contributed by atoms with van der Waals surface area (Å²) in [6.07, 6.45) is 1.12. The Morgan fingerprint density at radius 1 is 1.13 bits per heavy atom. The van der Waals surface area contributed by atoms with Crippen molar-refractivity contribution in [2.24, 2.45) is 5.41 Å². The molecule has 3 heteroatoms. The molecule has 1 rings (SSSR count). The van der Waals surface area contributed by atoms with E-state index in [2.05, 4.69) is 26.1 Å². The smallest absolute Gasteiger partial charge is 0.0568 e. The third-order valence-corrected chi connectivity index (χ3v) is 2.29. The lowest BCUT2D eigenvalue weighted by atomic mass is 9.92. The molecule has 0 atom stereocenters. The van der Waals surface area contributed by atoms with Crippen molar-refractivity contribution in [2.45, 2.75) is 27.2 Å². The van der Waals surface area contributed by atoms with E-state index in [1.54, 1.807) is 0 Å². The fraction of sp³-hybridized carbons (Fsp3) is 0.500. The lowest BCUT2D eigenvalue weighted by Crippen LogP contribution is -2.12. The van der Waals surface area contributed by atoms with E-state index in [0.717, 1.165) is 18.7 Å². The second-order valence-corrected chi connectivity index (χ2v) is 5.08. The van der Waals surface area contributed by atoms with Crippen LogP contribution in [0.2, 0.25) is 0 Å².